The van der Waals surface area contributed by atoms with Crippen molar-refractivity contribution >= 4 is 23.4 Å². The topological polar surface area (TPSA) is 99.8 Å². The van der Waals surface area contributed by atoms with Gasteiger partial charge in [0.15, 0.2) is 0 Å². The van der Waals surface area contributed by atoms with E-state index in [1.165, 1.54) is 7.11 Å². The van der Waals surface area contributed by atoms with Gasteiger partial charge in [-0.15, -0.1) is 0 Å². The predicted molar refractivity (Wildman–Crippen MR) is 94.1 cm³/mol. The summed E-state index contributed by atoms with van der Waals surface area (Å²) in [6.07, 6.45) is 0.527. The van der Waals surface area contributed by atoms with Gasteiger partial charge in [0, 0.05) is 49.8 Å². The molecule has 8 nitrogen and oxygen atoms in total. The van der Waals surface area contributed by atoms with Crippen LogP contribution in [0.2, 0.25) is 0 Å². The van der Waals surface area contributed by atoms with Crippen LogP contribution in [0.25, 0.3) is 0 Å². The van der Waals surface area contributed by atoms with Gasteiger partial charge >= 0.3 is 0 Å². The summed E-state index contributed by atoms with van der Waals surface area (Å²) >= 11 is 0. The summed E-state index contributed by atoms with van der Waals surface area (Å²) in [6, 6.07) is 4.78. The highest BCUT2D eigenvalue weighted by Crippen LogP contribution is 2.38. The van der Waals surface area contributed by atoms with Crippen LogP contribution in [0.1, 0.15) is 23.2 Å². The lowest BCUT2D eigenvalue weighted by molar-refractivity contribution is -0.134. The second kappa shape index (κ2) is 6.28. The van der Waals surface area contributed by atoms with Crippen LogP contribution < -0.4 is 25.6 Å². The summed E-state index contributed by atoms with van der Waals surface area (Å²) in [5, 5.41) is 8.23. The fraction of sp³-hybridized carbons (Fsp3) is 0.500. The predicted octanol–water partition coefficient (Wildman–Crippen LogP) is -0.360. The van der Waals surface area contributed by atoms with Crippen molar-refractivity contribution in [3.8, 4) is 5.75 Å². The highest BCUT2D eigenvalue weighted by atomic mass is 16.5. The zero-order chi connectivity index (χ0) is 18.3. The number of ether oxygens (including phenoxy) is 1. The van der Waals surface area contributed by atoms with Crippen molar-refractivity contribution in [2.24, 2.45) is 5.41 Å². The minimum Gasteiger partial charge on any atom is -0.496 e. The quantitative estimate of drug-likeness (QED) is 0.636. The molecule has 1 aromatic rings. The van der Waals surface area contributed by atoms with Crippen molar-refractivity contribution in [3.63, 3.8) is 0 Å². The zero-order valence-corrected chi connectivity index (χ0v) is 14.6. The monoisotopic (exact) mass is 358 g/mol. The Bertz CT molecular complexity index is 766. The molecule has 0 radical (unpaired) electrons. The van der Waals surface area contributed by atoms with Crippen LogP contribution in [0, 0.1) is 5.41 Å². The molecule has 26 heavy (non-hydrogen) atoms. The Morgan fingerprint density at radius 1 is 1.31 bits per heavy atom. The standard InChI is InChI=1S/C18H22N4O4/c1-26-14-6-11(22-9-18(10-22)7-19-8-18)2-3-12(14)16(24)20-13-4-5-15(23)21-17(13)25/h2-3,6,13,19H,4-5,7-10H2,1H3,(H,20,24)(H,21,23,25). The summed E-state index contributed by atoms with van der Waals surface area (Å²) in [7, 11) is 1.52. The van der Waals surface area contributed by atoms with Crippen LogP contribution in [-0.4, -0.2) is 57.1 Å². The number of rotatable bonds is 4. The molecule has 8 heteroatoms. The van der Waals surface area contributed by atoms with Gasteiger partial charge in [-0.1, -0.05) is 0 Å². The molecule has 0 aromatic heterocycles. The summed E-state index contributed by atoms with van der Waals surface area (Å²) in [5.74, 6) is -0.687. The van der Waals surface area contributed by atoms with Gasteiger partial charge in [-0.2, -0.15) is 0 Å². The number of carbonyl (C=O) groups excluding carboxylic acids is 3. The number of carbonyl (C=O) groups is 3. The normalized spacial score (nSPS) is 23.7. The first kappa shape index (κ1) is 16.8. The van der Waals surface area contributed by atoms with E-state index in [0.29, 0.717) is 23.1 Å². The number of nitrogens with one attached hydrogen (secondary N) is 3. The molecular weight excluding hydrogens is 336 g/mol. The van der Waals surface area contributed by atoms with E-state index in [2.05, 4.69) is 20.9 Å². The third-order valence-electron chi connectivity index (χ3n) is 5.39. The molecular formula is C18H22N4O4. The number of nitrogens with zero attached hydrogens (tertiary/aromatic N) is 1. The summed E-state index contributed by atoms with van der Waals surface area (Å²) in [6.45, 7) is 4.14. The van der Waals surface area contributed by atoms with Crippen molar-refractivity contribution in [2.75, 3.05) is 38.2 Å². The third-order valence-corrected chi connectivity index (χ3v) is 5.39. The SMILES string of the molecule is COc1cc(N2CC3(CNC3)C2)ccc1C(=O)NC1CCC(=O)NC1=O. The van der Waals surface area contributed by atoms with E-state index in [4.69, 9.17) is 4.74 Å². The lowest BCUT2D eigenvalue weighted by atomic mass is 9.74. The lowest BCUT2D eigenvalue weighted by Gasteiger charge is -2.57. The molecule has 1 aromatic carbocycles. The molecule has 138 valence electrons. The summed E-state index contributed by atoms with van der Waals surface area (Å²) < 4.78 is 5.40. The first-order valence-corrected chi connectivity index (χ1v) is 8.78. The molecule has 4 rings (SSSR count). The Balaban J connectivity index is 1.45. The zero-order valence-electron chi connectivity index (χ0n) is 14.6. The van der Waals surface area contributed by atoms with E-state index >= 15 is 0 Å². The van der Waals surface area contributed by atoms with Crippen LogP contribution in [0.4, 0.5) is 5.69 Å². The molecule has 3 fully saturated rings. The number of hydrogen-bond acceptors (Lipinski definition) is 6. The molecule has 1 spiro atoms. The van der Waals surface area contributed by atoms with Crippen LogP contribution in [0.3, 0.4) is 0 Å². The van der Waals surface area contributed by atoms with Gasteiger partial charge in [0.25, 0.3) is 5.91 Å². The fourth-order valence-electron chi connectivity index (χ4n) is 3.78. The molecule has 1 atom stereocenters. The molecule has 3 amide bonds. The number of methoxy groups -OCH3 is 1. The Morgan fingerprint density at radius 3 is 2.69 bits per heavy atom. The number of piperidine rings is 1. The maximum atomic E-state index is 12.6. The van der Waals surface area contributed by atoms with Crippen LogP contribution in [0.15, 0.2) is 18.2 Å². The lowest BCUT2D eigenvalue weighted by Crippen LogP contribution is -2.71. The fourth-order valence-corrected chi connectivity index (χ4v) is 3.78. The van der Waals surface area contributed by atoms with Crippen molar-refractivity contribution in [1.29, 1.82) is 0 Å². The molecule has 3 aliphatic rings. The highest BCUT2D eigenvalue weighted by Gasteiger charge is 2.47. The van der Waals surface area contributed by atoms with Gasteiger partial charge in [0.1, 0.15) is 11.8 Å². The van der Waals surface area contributed by atoms with Gasteiger partial charge in [-0.05, 0) is 18.6 Å². The maximum Gasteiger partial charge on any atom is 0.255 e. The number of amides is 3. The Hall–Kier alpha value is -2.61. The van der Waals surface area contributed by atoms with E-state index in [0.717, 1.165) is 31.9 Å². The average Bonchev–Trinajstić information content (AvgIpc) is 2.54. The minimum absolute atomic E-state index is 0.221. The molecule has 0 saturated carbocycles. The first-order valence-electron chi connectivity index (χ1n) is 8.78. The van der Waals surface area contributed by atoms with Crippen molar-refractivity contribution in [3.05, 3.63) is 23.8 Å². The minimum atomic E-state index is -0.703. The van der Waals surface area contributed by atoms with Crippen LogP contribution >= 0.6 is 0 Å². The first-order chi connectivity index (χ1) is 12.5. The van der Waals surface area contributed by atoms with Gasteiger partial charge in [0.05, 0.1) is 12.7 Å². The number of hydrogen-bond donors (Lipinski definition) is 3. The van der Waals surface area contributed by atoms with E-state index in [1.807, 2.05) is 12.1 Å². The molecule has 3 N–H and O–H groups in total. The van der Waals surface area contributed by atoms with Crippen molar-refractivity contribution in [2.45, 2.75) is 18.9 Å². The number of imide groups is 1. The van der Waals surface area contributed by atoms with E-state index < -0.39 is 11.9 Å². The Morgan fingerprint density at radius 2 is 2.08 bits per heavy atom. The third kappa shape index (κ3) is 2.90. The number of benzene rings is 1. The molecule has 3 aliphatic heterocycles. The van der Waals surface area contributed by atoms with Gasteiger partial charge < -0.3 is 20.3 Å². The summed E-state index contributed by atoms with van der Waals surface area (Å²) in [4.78, 5) is 37.9. The summed E-state index contributed by atoms with van der Waals surface area (Å²) in [5.41, 5.74) is 1.81. The maximum absolute atomic E-state index is 12.6. The van der Waals surface area contributed by atoms with Crippen molar-refractivity contribution < 1.29 is 19.1 Å². The van der Waals surface area contributed by atoms with Crippen molar-refractivity contribution in [1.82, 2.24) is 16.0 Å². The van der Waals surface area contributed by atoms with Crippen LogP contribution in [-0.2, 0) is 9.59 Å². The molecule has 3 saturated heterocycles. The number of anilines is 1. The average molecular weight is 358 g/mol. The highest BCUT2D eigenvalue weighted by molar-refractivity contribution is 6.04. The van der Waals surface area contributed by atoms with Gasteiger partial charge in [-0.25, -0.2) is 0 Å². The van der Waals surface area contributed by atoms with E-state index in [9.17, 15) is 14.4 Å². The Kier molecular flexibility index (Phi) is 4.07. The smallest absolute Gasteiger partial charge is 0.255 e. The molecule has 0 aliphatic carbocycles. The molecule has 0 bridgehead atoms. The Labute approximate surface area is 151 Å². The van der Waals surface area contributed by atoms with Crippen LogP contribution in [0.5, 0.6) is 5.75 Å². The van der Waals surface area contributed by atoms with E-state index in [1.54, 1.807) is 6.07 Å². The second-order valence-corrected chi connectivity index (χ2v) is 7.32. The van der Waals surface area contributed by atoms with E-state index in [-0.39, 0.29) is 18.2 Å². The largest absolute Gasteiger partial charge is 0.496 e. The van der Waals surface area contributed by atoms with Gasteiger partial charge in [0.2, 0.25) is 11.8 Å². The van der Waals surface area contributed by atoms with Gasteiger partial charge in [-0.3, -0.25) is 19.7 Å². The molecule has 3 heterocycles. The second-order valence-electron chi connectivity index (χ2n) is 7.32. The molecule has 1 unspecified atom stereocenters.